The quantitative estimate of drug-likeness (QED) is 0.243. The van der Waals surface area contributed by atoms with Crippen molar-refractivity contribution in [1.82, 2.24) is 10.2 Å². The summed E-state index contributed by atoms with van der Waals surface area (Å²) in [6.45, 7) is 5.11. The normalized spacial score (nSPS) is 12.6. The van der Waals surface area contributed by atoms with Gasteiger partial charge >= 0.3 is 6.18 Å². The lowest BCUT2D eigenvalue weighted by atomic mass is 10.1. The maximum absolute atomic E-state index is 14.0. The van der Waals surface area contributed by atoms with Crippen molar-refractivity contribution in [2.24, 2.45) is 5.92 Å². The van der Waals surface area contributed by atoms with E-state index in [4.69, 9.17) is 11.6 Å². The summed E-state index contributed by atoms with van der Waals surface area (Å²) in [4.78, 5) is 28.3. The van der Waals surface area contributed by atoms with Crippen LogP contribution >= 0.6 is 11.6 Å². The molecule has 12 heteroatoms. The molecule has 232 valence electrons. The summed E-state index contributed by atoms with van der Waals surface area (Å²) < 4.78 is 69.3. The van der Waals surface area contributed by atoms with E-state index in [9.17, 15) is 31.2 Å². The number of hydrogen-bond acceptors (Lipinski definition) is 4. The van der Waals surface area contributed by atoms with Crippen molar-refractivity contribution in [3.63, 3.8) is 0 Å². The van der Waals surface area contributed by atoms with Crippen molar-refractivity contribution in [1.29, 1.82) is 0 Å². The van der Waals surface area contributed by atoms with Crippen molar-refractivity contribution >= 4 is 39.1 Å². The Balaban J connectivity index is 2.09. The molecular weight excluding hydrogens is 603 g/mol. The standard InChI is InChI=1S/C31H35ClF3N3O4S/c1-4-27(30(40)36-20-22(2)3)37(18-17-23-11-7-5-8-12-23)29(39)21-38(43(41,42)25-13-9-6-10-14-25)28-19-24(31(33,34)35)15-16-26(28)32/h5-16,19,22,27H,4,17-18,20-21H2,1-3H3,(H,36,40). The van der Waals surface area contributed by atoms with Gasteiger partial charge in [0, 0.05) is 13.1 Å². The van der Waals surface area contributed by atoms with Gasteiger partial charge in [0.2, 0.25) is 11.8 Å². The number of nitrogens with one attached hydrogen (secondary N) is 1. The Hall–Kier alpha value is -3.57. The summed E-state index contributed by atoms with van der Waals surface area (Å²) in [5, 5.41) is 2.54. The lowest BCUT2D eigenvalue weighted by molar-refractivity contribution is -0.139. The summed E-state index contributed by atoms with van der Waals surface area (Å²) in [7, 11) is -4.58. The van der Waals surface area contributed by atoms with Gasteiger partial charge in [-0.25, -0.2) is 8.42 Å². The van der Waals surface area contributed by atoms with Gasteiger partial charge in [-0.1, -0.05) is 80.9 Å². The average molecular weight is 638 g/mol. The van der Waals surface area contributed by atoms with Gasteiger partial charge in [0.25, 0.3) is 10.0 Å². The van der Waals surface area contributed by atoms with E-state index in [-0.39, 0.29) is 28.8 Å². The first kappa shape index (κ1) is 33.9. The van der Waals surface area contributed by atoms with Crippen LogP contribution in [0.1, 0.15) is 38.3 Å². The number of benzene rings is 3. The number of carbonyl (C=O) groups excluding carboxylic acids is 2. The summed E-state index contributed by atoms with van der Waals surface area (Å²) in [6, 6.07) is 17.6. The molecule has 0 fully saturated rings. The van der Waals surface area contributed by atoms with E-state index in [1.165, 1.54) is 29.2 Å². The molecule has 0 aromatic heterocycles. The summed E-state index contributed by atoms with van der Waals surface area (Å²) in [5.74, 6) is -1.04. The average Bonchev–Trinajstić information content (AvgIpc) is 2.97. The number of rotatable bonds is 13. The molecule has 0 radical (unpaired) electrons. The first-order chi connectivity index (χ1) is 20.3. The minimum absolute atomic E-state index is 0.0615. The second kappa shape index (κ2) is 14.7. The smallest absolute Gasteiger partial charge is 0.354 e. The maximum Gasteiger partial charge on any atom is 0.416 e. The highest BCUT2D eigenvalue weighted by Crippen LogP contribution is 2.37. The van der Waals surface area contributed by atoms with Gasteiger partial charge in [0.05, 0.1) is 21.2 Å². The third-order valence-corrected chi connectivity index (χ3v) is 8.80. The third kappa shape index (κ3) is 8.96. The molecule has 0 aliphatic heterocycles. The second-order valence-electron chi connectivity index (χ2n) is 10.4. The van der Waals surface area contributed by atoms with Crippen LogP contribution in [0.3, 0.4) is 0 Å². The SMILES string of the molecule is CCC(C(=O)NCC(C)C)N(CCc1ccccc1)C(=O)CN(c1cc(C(F)(F)F)ccc1Cl)S(=O)(=O)c1ccccc1. The Kier molecular flexibility index (Phi) is 11.6. The molecule has 1 atom stereocenters. The number of halogens is 4. The molecule has 43 heavy (non-hydrogen) atoms. The van der Waals surface area contributed by atoms with Gasteiger partial charge in [0.1, 0.15) is 12.6 Å². The highest BCUT2D eigenvalue weighted by atomic mass is 35.5. The van der Waals surface area contributed by atoms with Crippen LogP contribution in [-0.4, -0.2) is 50.8 Å². The zero-order valence-corrected chi connectivity index (χ0v) is 25.7. The number of amides is 2. The van der Waals surface area contributed by atoms with Gasteiger partial charge in [-0.3, -0.25) is 13.9 Å². The van der Waals surface area contributed by atoms with Gasteiger partial charge in [-0.2, -0.15) is 13.2 Å². The fraction of sp³-hybridized carbons (Fsp3) is 0.355. The van der Waals surface area contributed by atoms with Crippen LogP contribution in [0.4, 0.5) is 18.9 Å². The molecule has 3 aromatic rings. The van der Waals surface area contributed by atoms with Crippen molar-refractivity contribution in [2.75, 3.05) is 23.9 Å². The van der Waals surface area contributed by atoms with Crippen molar-refractivity contribution in [3.05, 3.63) is 95.0 Å². The second-order valence-corrected chi connectivity index (χ2v) is 12.6. The lowest BCUT2D eigenvalue weighted by Crippen LogP contribution is -2.53. The van der Waals surface area contributed by atoms with Crippen LogP contribution in [0.5, 0.6) is 0 Å². The molecule has 1 unspecified atom stereocenters. The van der Waals surface area contributed by atoms with Crippen LogP contribution in [0.25, 0.3) is 0 Å². The van der Waals surface area contributed by atoms with Gasteiger partial charge in [0.15, 0.2) is 0 Å². The lowest BCUT2D eigenvalue weighted by Gasteiger charge is -2.33. The van der Waals surface area contributed by atoms with Crippen molar-refractivity contribution in [3.8, 4) is 0 Å². The molecule has 0 aliphatic carbocycles. The van der Waals surface area contributed by atoms with Crippen LogP contribution < -0.4 is 9.62 Å². The van der Waals surface area contributed by atoms with Crippen molar-refractivity contribution in [2.45, 2.75) is 50.7 Å². The van der Waals surface area contributed by atoms with Gasteiger partial charge in [-0.05, 0) is 54.7 Å². The van der Waals surface area contributed by atoms with E-state index in [1.807, 2.05) is 44.2 Å². The predicted molar refractivity (Wildman–Crippen MR) is 161 cm³/mol. The number of carbonyl (C=O) groups is 2. The zero-order valence-electron chi connectivity index (χ0n) is 24.1. The molecule has 0 saturated heterocycles. The minimum atomic E-state index is -4.80. The fourth-order valence-corrected chi connectivity index (χ4v) is 6.15. The molecule has 1 N–H and O–H groups in total. The molecule has 0 aliphatic rings. The first-order valence-corrected chi connectivity index (χ1v) is 15.6. The highest BCUT2D eigenvalue weighted by Gasteiger charge is 2.36. The molecule has 3 rings (SSSR count). The summed E-state index contributed by atoms with van der Waals surface area (Å²) >= 11 is 6.29. The van der Waals surface area contributed by atoms with E-state index in [1.54, 1.807) is 13.0 Å². The van der Waals surface area contributed by atoms with E-state index >= 15 is 0 Å². The summed E-state index contributed by atoms with van der Waals surface area (Å²) in [6.07, 6.45) is -4.22. The van der Waals surface area contributed by atoms with Crippen LogP contribution in [0, 0.1) is 5.92 Å². The van der Waals surface area contributed by atoms with Crippen LogP contribution in [-0.2, 0) is 32.2 Å². The Morgan fingerprint density at radius 1 is 0.953 bits per heavy atom. The van der Waals surface area contributed by atoms with E-state index in [0.29, 0.717) is 23.3 Å². The third-order valence-electron chi connectivity index (χ3n) is 6.71. The molecule has 2 amide bonds. The predicted octanol–water partition coefficient (Wildman–Crippen LogP) is 6.18. The van der Waals surface area contributed by atoms with Crippen molar-refractivity contribution < 1.29 is 31.2 Å². The zero-order chi connectivity index (χ0) is 31.8. The summed E-state index contributed by atoms with van der Waals surface area (Å²) in [5.41, 5.74) is -0.755. The number of hydrogen-bond donors (Lipinski definition) is 1. The Morgan fingerprint density at radius 3 is 2.12 bits per heavy atom. The monoisotopic (exact) mass is 637 g/mol. The number of alkyl halides is 3. The Labute approximate surface area is 255 Å². The van der Waals surface area contributed by atoms with Crippen LogP contribution in [0.2, 0.25) is 5.02 Å². The minimum Gasteiger partial charge on any atom is -0.354 e. The van der Waals surface area contributed by atoms with Gasteiger partial charge < -0.3 is 10.2 Å². The van der Waals surface area contributed by atoms with E-state index in [2.05, 4.69) is 5.32 Å². The molecular formula is C31H35ClF3N3O4S. The number of nitrogens with zero attached hydrogens (tertiary/aromatic N) is 2. The van der Waals surface area contributed by atoms with E-state index < -0.39 is 51.9 Å². The number of sulfonamides is 1. The topological polar surface area (TPSA) is 86.8 Å². The highest BCUT2D eigenvalue weighted by molar-refractivity contribution is 7.92. The maximum atomic E-state index is 14.0. The number of anilines is 1. The first-order valence-electron chi connectivity index (χ1n) is 13.8. The molecule has 3 aromatic carbocycles. The Morgan fingerprint density at radius 2 is 1.56 bits per heavy atom. The molecule has 7 nitrogen and oxygen atoms in total. The molecule has 0 saturated carbocycles. The largest absolute Gasteiger partial charge is 0.416 e. The Bertz CT molecular complexity index is 1490. The van der Waals surface area contributed by atoms with Crippen LogP contribution in [0.15, 0.2) is 83.8 Å². The van der Waals surface area contributed by atoms with Gasteiger partial charge in [-0.15, -0.1) is 0 Å². The molecule has 0 heterocycles. The molecule has 0 bridgehead atoms. The van der Waals surface area contributed by atoms with E-state index in [0.717, 1.165) is 17.7 Å². The fourth-order valence-electron chi connectivity index (χ4n) is 4.43. The molecule has 0 spiro atoms.